The van der Waals surface area contributed by atoms with Gasteiger partial charge in [-0.3, -0.25) is 4.79 Å². The van der Waals surface area contributed by atoms with E-state index in [-0.39, 0.29) is 17.6 Å². The molecule has 1 atom stereocenters. The van der Waals surface area contributed by atoms with Crippen molar-refractivity contribution >= 4 is 17.5 Å². The quantitative estimate of drug-likeness (QED) is 0.560. The number of Topliss-reactive ketones (excluding diaryl/α,β-unsaturated/α-hetero) is 1. The van der Waals surface area contributed by atoms with Crippen LogP contribution in [0.5, 0.6) is 5.75 Å². The van der Waals surface area contributed by atoms with E-state index in [1.165, 1.54) is 11.8 Å². The largest absolute Gasteiger partial charge is 0.496 e. The molecule has 1 aliphatic rings. The Morgan fingerprint density at radius 2 is 2.38 bits per heavy atom. The van der Waals surface area contributed by atoms with Crippen LogP contribution in [0.25, 0.3) is 0 Å². The van der Waals surface area contributed by atoms with Gasteiger partial charge in [-0.1, -0.05) is 23.4 Å². The van der Waals surface area contributed by atoms with Gasteiger partial charge < -0.3 is 9.47 Å². The number of ketones is 1. The molecule has 2 aromatic rings. The van der Waals surface area contributed by atoms with Crippen molar-refractivity contribution in [3.63, 3.8) is 0 Å². The van der Waals surface area contributed by atoms with Crippen molar-refractivity contribution in [2.45, 2.75) is 37.6 Å². The van der Waals surface area contributed by atoms with Gasteiger partial charge in [0.05, 0.1) is 31.1 Å². The summed E-state index contributed by atoms with van der Waals surface area (Å²) >= 11 is 1.33. The molecule has 0 saturated carbocycles. The number of aryl methyl sites for hydroxylation is 1. The summed E-state index contributed by atoms with van der Waals surface area (Å²) in [4.78, 5) is 12.5. The number of thioether (sulfide) groups is 1. The maximum Gasteiger partial charge on any atom is 0.209 e. The Morgan fingerprint density at radius 3 is 3.12 bits per heavy atom. The summed E-state index contributed by atoms with van der Waals surface area (Å²) in [6.45, 7) is 3.36. The fourth-order valence-corrected chi connectivity index (χ4v) is 3.41. The molecule has 0 amide bonds. The van der Waals surface area contributed by atoms with Gasteiger partial charge in [-0.15, -0.1) is 5.10 Å². The molecule has 2 heterocycles. The molecule has 24 heavy (non-hydrogen) atoms. The number of rotatable bonds is 7. The van der Waals surface area contributed by atoms with E-state index < -0.39 is 0 Å². The van der Waals surface area contributed by atoms with Gasteiger partial charge in [0.25, 0.3) is 0 Å². The second kappa shape index (κ2) is 7.76. The minimum absolute atomic E-state index is 0.00721. The van der Waals surface area contributed by atoms with E-state index in [2.05, 4.69) is 15.5 Å². The molecule has 7 nitrogen and oxygen atoms in total. The SMILES string of the molecule is COc1ccc(C)cc1C(=O)CSc1nnnn1C[C@H]1CCCO1. The number of tetrazole rings is 1. The van der Waals surface area contributed by atoms with Gasteiger partial charge in [-0.25, -0.2) is 4.68 Å². The van der Waals surface area contributed by atoms with Crippen LogP contribution < -0.4 is 4.74 Å². The van der Waals surface area contributed by atoms with Gasteiger partial charge in [0, 0.05) is 6.61 Å². The number of carbonyl (C=O) groups excluding carboxylic acids is 1. The lowest BCUT2D eigenvalue weighted by Gasteiger charge is -2.10. The lowest BCUT2D eigenvalue weighted by atomic mass is 10.1. The van der Waals surface area contributed by atoms with Crippen LogP contribution in [0.15, 0.2) is 23.4 Å². The van der Waals surface area contributed by atoms with E-state index in [0.717, 1.165) is 25.0 Å². The summed E-state index contributed by atoms with van der Waals surface area (Å²) in [6, 6.07) is 5.58. The summed E-state index contributed by atoms with van der Waals surface area (Å²) < 4.78 is 12.6. The number of methoxy groups -OCH3 is 1. The second-order valence-electron chi connectivity index (χ2n) is 5.69. The first kappa shape index (κ1) is 16.9. The van der Waals surface area contributed by atoms with Crippen molar-refractivity contribution in [1.82, 2.24) is 20.2 Å². The third-order valence-corrected chi connectivity index (χ3v) is 4.84. The highest BCUT2D eigenvalue weighted by molar-refractivity contribution is 7.99. The average molecular weight is 348 g/mol. The van der Waals surface area contributed by atoms with E-state index in [9.17, 15) is 4.79 Å². The Bertz CT molecular complexity index is 713. The smallest absolute Gasteiger partial charge is 0.209 e. The molecule has 1 aromatic carbocycles. The first-order chi connectivity index (χ1) is 11.7. The first-order valence-electron chi connectivity index (χ1n) is 7.86. The van der Waals surface area contributed by atoms with Crippen molar-refractivity contribution in [2.75, 3.05) is 19.5 Å². The normalized spacial score (nSPS) is 17.2. The zero-order chi connectivity index (χ0) is 16.9. The van der Waals surface area contributed by atoms with Crippen molar-refractivity contribution in [3.05, 3.63) is 29.3 Å². The maximum absolute atomic E-state index is 12.5. The Balaban J connectivity index is 1.64. The van der Waals surface area contributed by atoms with E-state index in [0.29, 0.717) is 23.0 Å². The van der Waals surface area contributed by atoms with E-state index in [1.54, 1.807) is 11.8 Å². The number of carbonyl (C=O) groups is 1. The fourth-order valence-electron chi connectivity index (χ4n) is 2.64. The van der Waals surface area contributed by atoms with E-state index in [1.807, 2.05) is 25.1 Å². The van der Waals surface area contributed by atoms with Crippen LogP contribution in [0.2, 0.25) is 0 Å². The molecule has 0 unspecified atom stereocenters. The number of aromatic nitrogens is 4. The van der Waals surface area contributed by atoms with Crippen LogP contribution in [0.4, 0.5) is 0 Å². The number of benzene rings is 1. The van der Waals surface area contributed by atoms with Crippen LogP contribution in [0.1, 0.15) is 28.8 Å². The van der Waals surface area contributed by atoms with E-state index in [4.69, 9.17) is 9.47 Å². The van der Waals surface area contributed by atoms with Crippen LogP contribution in [-0.4, -0.2) is 51.6 Å². The standard InChI is InChI=1S/C16H20N4O3S/c1-11-5-6-15(22-2)13(8-11)14(21)10-24-16-17-18-19-20(16)9-12-4-3-7-23-12/h5-6,8,12H,3-4,7,9-10H2,1-2H3/t12-/m1/s1. The van der Waals surface area contributed by atoms with Crippen LogP contribution in [0.3, 0.4) is 0 Å². The summed E-state index contributed by atoms with van der Waals surface area (Å²) in [7, 11) is 1.57. The fraction of sp³-hybridized carbons (Fsp3) is 0.500. The lowest BCUT2D eigenvalue weighted by Crippen LogP contribution is -2.17. The molecule has 0 aliphatic carbocycles. The second-order valence-corrected chi connectivity index (χ2v) is 6.64. The highest BCUT2D eigenvalue weighted by atomic mass is 32.2. The van der Waals surface area contributed by atoms with Gasteiger partial charge in [0.1, 0.15) is 5.75 Å². The Labute approximate surface area is 144 Å². The summed E-state index contributed by atoms with van der Waals surface area (Å²) in [5, 5.41) is 12.4. The minimum atomic E-state index is -0.00721. The van der Waals surface area contributed by atoms with Crippen LogP contribution >= 0.6 is 11.8 Å². The third-order valence-electron chi connectivity index (χ3n) is 3.89. The highest BCUT2D eigenvalue weighted by Gasteiger charge is 2.20. The molecule has 0 N–H and O–H groups in total. The maximum atomic E-state index is 12.5. The summed E-state index contributed by atoms with van der Waals surface area (Å²) in [5.41, 5.74) is 1.61. The molecular formula is C16H20N4O3S. The average Bonchev–Trinajstić information content (AvgIpc) is 3.25. The number of hydrogen-bond acceptors (Lipinski definition) is 7. The zero-order valence-corrected chi connectivity index (χ0v) is 14.6. The zero-order valence-electron chi connectivity index (χ0n) is 13.8. The summed E-state index contributed by atoms with van der Waals surface area (Å²) in [5.74, 6) is 0.837. The van der Waals surface area contributed by atoms with Crippen molar-refractivity contribution in [2.24, 2.45) is 0 Å². The Hall–Kier alpha value is -1.93. The number of ether oxygens (including phenoxy) is 2. The molecule has 0 radical (unpaired) electrons. The van der Waals surface area contributed by atoms with Gasteiger partial charge in [-0.2, -0.15) is 0 Å². The molecule has 8 heteroatoms. The van der Waals surface area contributed by atoms with Crippen molar-refractivity contribution in [3.8, 4) is 5.75 Å². The van der Waals surface area contributed by atoms with Gasteiger partial charge in [0.15, 0.2) is 5.78 Å². The van der Waals surface area contributed by atoms with Gasteiger partial charge >= 0.3 is 0 Å². The van der Waals surface area contributed by atoms with E-state index >= 15 is 0 Å². The Kier molecular flexibility index (Phi) is 5.47. The molecule has 3 rings (SSSR count). The lowest BCUT2D eigenvalue weighted by molar-refractivity contribution is 0.0912. The molecule has 1 saturated heterocycles. The number of hydrogen-bond donors (Lipinski definition) is 0. The first-order valence-corrected chi connectivity index (χ1v) is 8.84. The minimum Gasteiger partial charge on any atom is -0.496 e. The van der Waals surface area contributed by atoms with Gasteiger partial charge in [0.2, 0.25) is 5.16 Å². The van der Waals surface area contributed by atoms with Gasteiger partial charge in [-0.05, 0) is 42.3 Å². The van der Waals surface area contributed by atoms with Crippen LogP contribution in [-0.2, 0) is 11.3 Å². The Morgan fingerprint density at radius 1 is 1.50 bits per heavy atom. The third kappa shape index (κ3) is 3.93. The molecular weight excluding hydrogens is 328 g/mol. The molecule has 1 aliphatic heterocycles. The van der Waals surface area contributed by atoms with Crippen molar-refractivity contribution in [1.29, 1.82) is 0 Å². The predicted octanol–water partition coefficient (Wildman–Crippen LogP) is 2.14. The monoisotopic (exact) mass is 348 g/mol. The van der Waals surface area contributed by atoms with Crippen molar-refractivity contribution < 1.29 is 14.3 Å². The molecule has 128 valence electrons. The summed E-state index contributed by atoms with van der Waals surface area (Å²) in [6.07, 6.45) is 2.24. The topological polar surface area (TPSA) is 79.1 Å². The molecule has 1 aromatic heterocycles. The van der Waals surface area contributed by atoms with Crippen LogP contribution in [0, 0.1) is 6.92 Å². The predicted molar refractivity (Wildman–Crippen MR) is 89.6 cm³/mol. The number of nitrogens with zero attached hydrogens (tertiary/aromatic N) is 4. The molecule has 0 spiro atoms. The molecule has 1 fully saturated rings. The highest BCUT2D eigenvalue weighted by Crippen LogP contribution is 2.24. The molecule has 0 bridgehead atoms.